The van der Waals surface area contributed by atoms with E-state index in [2.05, 4.69) is 9.50 Å². The number of halogens is 7. The number of hydrogen-bond acceptors (Lipinski definition) is 4. The topological polar surface area (TPSA) is 72.5 Å². The van der Waals surface area contributed by atoms with Gasteiger partial charge in [-0.3, -0.25) is 4.79 Å². The van der Waals surface area contributed by atoms with Crippen molar-refractivity contribution in [2.24, 2.45) is 11.8 Å². The molecule has 1 heterocycles. The number of alkyl halides is 5. The minimum atomic E-state index is -5.94. The van der Waals surface area contributed by atoms with Crippen LogP contribution in [0.15, 0.2) is 12.1 Å². The molecule has 174 valence electrons. The van der Waals surface area contributed by atoms with E-state index in [0.717, 1.165) is 12.1 Å². The zero-order valence-electron chi connectivity index (χ0n) is 15.8. The summed E-state index contributed by atoms with van der Waals surface area (Å²) in [5.74, 6) is -5.50. The summed E-state index contributed by atoms with van der Waals surface area (Å²) in [6, 6.07) is 1.73. The molecule has 1 aromatic rings. The van der Waals surface area contributed by atoms with Gasteiger partial charge in [0.1, 0.15) is 5.75 Å². The third-order valence-electron chi connectivity index (χ3n) is 5.67. The smallest absolute Gasteiger partial charge is 0.376 e. The predicted octanol–water partition coefficient (Wildman–Crippen LogP) is 5.27. The third kappa shape index (κ3) is 5.19. The molecule has 1 amide bonds. The Kier molecular flexibility index (Phi) is 6.71. The van der Waals surface area contributed by atoms with Gasteiger partial charge in [-0.2, -0.15) is 21.6 Å². The van der Waals surface area contributed by atoms with Crippen LogP contribution in [0.2, 0.25) is 10.0 Å². The van der Waals surface area contributed by atoms with Crippen molar-refractivity contribution in [2.75, 3.05) is 6.54 Å². The maximum absolute atomic E-state index is 13.7. The van der Waals surface area contributed by atoms with Crippen molar-refractivity contribution < 1.29 is 39.3 Å². The minimum absolute atomic E-state index is 0.106. The Bertz CT molecular complexity index is 937. The molecule has 3 rings (SSSR count). The molecule has 1 saturated carbocycles. The Morgan fingerprint density at radius 3 is 2.10 bits per heavy atom. The van der Waals surface area contributed by atoms with E-state index in [9.17, 15) is 35.2 Å². The van der Waals surface area contributed by atoms with Crippen molar-refractivity contribution in [1.82, 2.24) is 5.32 Å². The molecule has 2 atom stereocenters. The summed E-state index contributed by atoms with van der Waals surface area (Å²) in [6.07, 6.45) is -0.126. The van der Waals surface area contributed by atoms with Crippen molar-refractivity contribution in [3.63, 3.8) is 0 Å². The predicted molar refractivity (Wildman–Crippen MR) is 103 cm³/mol. The number of carbonyl (C=O) groups is 1. The summed E-state index contributed by atoms with van der Waals surface area (Å²) in [6.45, 7) is 0.378. The van der Waals surface area contributed by atoms with Crippen molar-refractivity contribution >= 4 is 39.2 Å². The lowest BCUT2D eigenvalue weighted by Gasteiger charge is -2.37. The van der Waals surface area contributed by atoms with Crippen LogP contribution in [0.1, 0.15) is 43.6 Å². The van der Waals surface area contributed by atoms with Gasteiger partial charge in [0, 0.05) is 53.4 Å². The van der Waals surface area contributed by atoms with Crippen molar-refractivity contribution in [3.8, 4) is 5.75 Å². The Morgan fingerprint density at radius 2 is 1.65 bits per heavy atom. The van der Waals surface area contributed by atoms with Crippen LogP contribution in [0.4, 0.5) is 22.0 Å². The van der Waals surface area contributed by atoms with Gasteiger partial charge in [0.25, 0.3) is 0 Å². The molecule has 1 unspecified atom stereocenters. The summed E-state index contributed by atoms with van der Waals surface area (Å²) in [4.78, 5) is 12.4. The van der Waals surface area contributed by atoms with Gasteiger partial charge < -0.3 is 9.50 Å². The maximum atomic E-state index is 13.7. The normalized spacial score (nSPS) is 23.5. The molecule has 0 bridgehead atoms. The fourth-order valence-corrected chi connectivity index (χ4v) is 5.41. The van der Waals surface area contributed by atoms with Crippen molar-refractivity contribution in [2.45, 2.75) is 49.5 Å². The largest absolute Gasteiger partial charge is 0.534 e. The van der Waals surface area contributed by atoms with E-state index in [4.69, 9.17) is 23.2 Å². The van der Waals surface area contributed by atoms with E-state index in [1.54, 1.807) is 0 Å². The van der Waals surface area contributed by atoms with Crippen molar-refractivity contribution in [1.29, 1.82) is 0 Å². The lowest BCUT2D eigenvalue weighted by molar-refractivity contribution is -0.123. The van der Waals surface area contributed by atoms with Gasteiger partial charge in [-0.05, 0) is 30.7 Å². The van der Waals surface area contributed by atoms with Crippen LogP contribution in [0.5, 0.6) is 5.75 Å². The summed E-state index contributed by atoms with van der Waals surface area (Å²) in [5, 5.41) is 2.26. The Labute approximate surface area is 185 Å². The molecule has 1 aromatic carbocycles. The molecule has 0 radical (unpaired) electrons. The molecular formula is C18H18Cl2F5NO4S. The second-order valence-corrected chi connectivity index (χ2v) is 10.0. The SMILES string of the molecule is O=C1NCC[C@@H]1C(c1c(Cl)cc(OS(=O)(=O)C(F)(F)F)cc1Cl)C1CCC(F)(F)CC1. The Hall–Kier alpha value is -1.33. The molecule has 1 saturated heterocycles. The second kappa shape index (κ2) is 8.55. The van der Waals surface area contributed by atoms with Crippen LogP contribution in [-0.4, -0.2) is 32.3 Å². The summed E-state index contributed by atoms with van der Waals surface area (Å²) >= 11 is 12.5. The first kappa shape index (κ1) is 24.3. The van der Waals surface area contributed by atoms with Crippen LogP contribution in [0.25, 0.3) is 0 Å². The number of hydrogen-bond donors (Lipinski definition) is 1. The fraction of sp³-hybridized carbons (Fsp3) is 0.611. The molecule has 0 aromatic heterocycles. The molecule has 2 fully saturated rings. The van der Waals surface area contributed by atoms with E-state index in [-0.39, 0.29) is 53.1 Å². The van der Waals surface area contributed by atoms with E-state index in [1.807, 2.05) is 0 Å². The number of nitrogens with one attached hydrogen (secondary N) is 1. The van der Waals surface area contributed by atoms with E-state index >= 15 is 0 Å². The van der Waals surface area contributed by atoms with E-state index < -0.39 is 39.1 Å². The highest BCUT2D eigenvalue weighted by Crippen LogP contribution is 2.50. The Morgan fingerprint density at radius 1 is 1.10 bits per heavy atom. The van der Waals surface area contributed by atoms with Crippen LogP contribution < -0.4 is 9.50 Å². The highest BCUT2D eigenvalue weighted by atomic mass is 35.5. The fourth-order valence-electron chi connectivity index (χ4n) is 4.24. The highest BCUT2D eigenvalue weighted by molar-refractivity contribution is 7.88. The quantitative estimate of drug-likeness (QED) is 0.333. The maximum Gasteiger partial charge on any atom is 0.534 e. The molecule has 0 spiro atoms. The van der Waals surface area contributed by atoms with Crippen LogP contribution >= 0.6 is 23.2 Å². The molecule has 1 aliphatic carbocycles. The van der Waals surface area contributed by atoms with Gasteiger partial charge in [0.05, 0.1) is 0 Å². The van der Waals surface area contributed by atoms with Gasteiger partial charge in [-0.25, -0.2) is 8.78 Å². The number of rotatable bonds is 5. The summed E-state index contributed by atoms with van der Waals surface area (Å²) < 4.78 is 91.7. The molecule has 1 N–H and O–H groups in total. The second-order valence-electron chi connectivity index (χ2n) is 7.69. The zero-order chi connectivity index (χ0) is 23.2. The average molecular weight is 510 g/mol. The third-order valence-corrected chi connectivity index (χ3v) is 7.27. The first-order valence-corrected chi connectivity index (χ1v) is 11.5. The molecular weight excluding hydrogens is 492 g/mol. The van der Waals surface area contributed by atoms with E-state index in [0.29, 0.717) is 13.0 Å². The van der Waals surface area contributed by atoms with Gasteiger partial charge in [-0.1, -0.05) is 23.2 Å². The van der Waals surface area contributed by atoms with Crippen LogP contribution in [0, 0.1) is 11.8 Å². The van der Waals surface area contributed by atoms with Gasteiger partial charge in [0.15, 0.2) is 0 Å². The Balaban J connectivity index is 1.99. The van der Waals surface area contributed by atoms with E-state index in [1.165, 1.54) is 0 Å². The summed E-state index contributed by atoms with van der Waals surface area (Å²) in [5.41, 5.74) is -5.44. The van der Waals surface area contributed by atoms with Gasteiger partial charge in [-0.15, -0.1) is 0 Å². The first-order chi connectivity index (χ1) is 14.2. The lowest BCUT2D eigenvalue weighted by atomic mass is 9.69. The van der Waals surface area contributed by atoms with Crippen LogP contribution in [-0.2, 0) is 14.9 Å². The standard InChI is InChI=1S/C18H18Cl2F5NO4S/c19-12-7-10(30-31(28,29)18(23,24)25)8-13(20)15(12)14(11-3-6-26-16(11)27)9-1-4-17(21,22)5-2-9/h7-9,11,14H,1-6H2,(H,26,27)/t11-,14?/m1/s1. The minimum Gasteiger partial charge on any atom is -0.376 e. The first-order valence-electron chi connectivity index (χ1n) is 9.37. The van der Waals surface area contributed by atoms with Gasteiger partial charge in [0.2, 0.25) is 11.8 Å². The number of benzene rings is 1. The zero-order valence-corrected chi connectivity index (χ0v) is 18.1. The average Bonchev–Trinajstić information content (AvgIpc) is 3.03. The molecule has 2 aliphatic rings. The van der Waals surface area contributed by atoms with Crippen LogP contribution in [0.3, 0.4) is 0 Å². The molecule has 13 heteroatoms. The lowest BCUT2D eigenvalue weighted by Crippen LogP contribution is -2.33. The monoisotopic (exact) mass is 509 g/mol. The number of amides is 1. The van der Waals surface area contributed by atoms with Gasteiger partial charge >= 0.3 is 15.6 Å². The highest BCUT2D eigenvalue weighted by Gasteiger charge is 2.49. The summed E-state index contributed by atoms with van der Waals surface area (Å²) in [7, 11) is -5.94. The molecule has 5 nitrogen and oxygen atoms in total. The van der Waals surface area contributed by atoms with Crippen molar-refractivity contribution in [3.05, 3.63) is 27.7 Å². The molecule has 31 heavy (non-hydrogen) atoms. The molecule has 1 aliphatic heterocycles. The number of carbonyl (C=O) groups excluding carboxylic acids is 1.